The Morgan fingerprint density at radius 2 is 2.00 bits per heavy atom. The highest BCUT2D eigenvalue weighted by molar-refractivity contribution is 6.16. The maximum atomic E-state index is 12.9. The molecule has 3 aliphatic rings. The molecule has 4 atom stereocenters. The maximum Gasteiger partial charge on any atom is 0.167 e. The van der Waals surface area contributed by atoms with Gasteiger partial charge in [-0.1, -0.05) is 26.0 Å². The topological polar surface area (TPSA) is 34.1 Å². The van der Waals surface area contributed by atoms with E-state index < -0.39 is 0 Å². The van der Waals surface area contributed by atoms with Crippen molar-refractivity contribution < 1.29 is 9.59 Å². The van der Waals surface area contributed by atoms with Crippen molar-refractivity contribution in [3.63, 3.8) is 0 Å². The Hall–Kier alpha value is -1.44. The lowest BCUT2D eigenvalue weighted by molar-refractivity contribution is 0.0572. The molecule has 0 aliphatic heterocycles. The van der Waals surface area contributed by atoms with E-state index in [1.807, 2.05) is 18.2 Å². The highest BCUT2D eigenvalue weighted by Gasteiger charge is 2.62. The molecule has 2 saturated carbocycles. The molecule has 104 valence electrons. The lowest BCUT2D eigenvalue weighted by Gasteiger charge is -2.38. The molecule has 2 fully saturated rings. The summed E-state index contributed by atoms with van der Waals surface area (Å²) in [4.78, 5) is 25.8. The molecule has 3 aliphatic carbocycles. The van der Waals surface area contributed by atoms with Crippen LogP contribution in [0.1, 0.15) is 59.4 Å². The molecule has 2 heteroatoms. The first-order chi connectivity index (χ1) is 9.55. The minimum Gasteiger partial charge on any atom is -0.294 e. The number of hydrogen-bond donors (Lipinski definition) is 0. The highest BCUT2D eigenvalue weighted by Crippen LogP contribution is 2.63. The van der Waals surface area contributed by atoms with Crippen molar-refractivity contribution in [1.29, 1.82) is 0 Å². The van der Waals surface area contributed by atoms with E-state index in [1.165, 1.54) is 0 Å². The van der Waals surface area contributed by atoms with E-state index in [4.69, 9.17) is 0 Å². The summed E-state index contributed by atoms with van der Waals surface area (Å²) < 4.78 is 0. The van der Waals surface area contributed by atoms with Crippen LogP contribution < -0.4 is 0 Å². The Balaban J connectivity index is 1.89. The molecule has 2 nitrogen and oxygen atoms in total. The highest BCUT2D eigenvalue weighted by atomic mass is 16.1. The normalized spacial score (nSPS) is 38.0. The van der Waals surface area contributed by atoms with Gasteiger partial charge in [-0.05, 0) is 48.6 Å². The second-order valence-electron chi connectivity index (χ2n) is 7.12. The number of carbonyl (C=O) groups is 2. The summed E-state index contributed by atoms with van der Waals surface area (Å²) in [6.45, 7) is 4.30. The fraction of sp³-hybridized carbons (Fsp3) is 0.556. The van der Waals surface area contributed by atoms with Gasteiger partial charge in [0.05, 0.1) is 0 Å². The van der Waals surface area contributed by atoms with Crippen molar-refractivity contribution in [2.24, 2.45) is 23.2 Å². The second kappa shape index (κ2) is 3.81. The van der Waals surface area contributed by atoms with Gasteiger partial charge in [0.15, 0.2) is 11.6 Å². The van der Waals surface area contributed by atoms with Crippen molar-refractivity contribution in [2.45, 2.75) is 39.5 Å². The van der Waals surface area contributed by atoms with Gasteiger partial charge in [0.2, 0.25) is 0 Å². The third kappa shape index (κ3) is 1.35. The van der Waals surface area contributed by atoms with E-state index in [0.717, 1.165) is 31.2 Å². The van der Waals surface area contributed by atoms with Crippen LogP contribution in [-0.4, -0.2) is 11.6 Å². The predicted octanol–water partition coefficient (Wildman–Crippen LogP) is 3.68. The van der Waals surface area contributed by atoms with Crippen molar-refractivity contribution in [2.75, 3.05) is 0 Å². The average Bonchev–Trinajstić information content (AvgIpc) is 2.97. The van der Waals surface area contributed by atoms with Crippen LogP contribution in [0, 0.1) is 23.2 Å². The number of Topliss-reactive ketones (excluding diaryl/α,β-unsaturated/α-hetero) is 2. The number of carbonyl (C=O) groups excluding carboxylic acids is 2. The third-order valence-electron chi connectivity index (χ3n) is 6.04. The molecule has 0 amide bonds. The van der Waals surface area contributed by atoms with Crippen LogP contribution in [0.4, 0.5) is 0 Å². The number of ketones is 2. The summed E-state index contributed by atoms with van der Waals surface area (Å²) >= 11 is 0. The molecule has 0 heterocycles. The molecule has 0 N–H and O–H groups in total. The van der Waals surface area contributed by atoms with Crippen molar-refractivity contribution in [3.8, 4) is 0 Å². The molecule has 20 heavy (non-hydrogen) atoms. The van der Waals surface area contributed by atoms with Gasteiger partial charge in [-0.15, -0.1) is 0 Å². The quantitative estimate of drug-likeness (QED) is 0.778. The Bertz CT molecular complexity index is 630. The number of rotatable bonds is 1. The first kappa shape index (κ1) is 12.3. The average molecular weight is 268 g/mol. The SMILES string of the molecule is CCc1ccc2c(c1)C(=O)C1C3CCC(C)(C3)C1C2=O. The minimum atomic E-state index is -0.0475. The van der Waals surface area contributed by atoms with Gasteiger partial charge in [-0.3, -0.25) is 9.59 Å². The van der Waals surface area contributed by atoms with Crippen LogP contribution in [0.2, 0.25) is 0 Å². The van der Waals surface area contributed by atoms with E-state index in [1.54, 1.807) is 0 Å². The summed E-state index contributed by atoms with van der Waals surface area (Å²) in [5.74, 6) is 0.847. The molecular formula is C18H20O2. The monoisotopic (exact) mass is 268 g/mol. The molecule has 0 radical (unpaired) electrons. The zero-order valence-corrected chi connectivity index (χ0v) is 12.1. The summed E-state index contributed by atoms with van der Waals surface area (Å²) in [6, 6.07) is 5.85. The first-order valence-electron chi connectivity index (χ1n) is 7.76. The van der Waals surface area contributed by atoms with Crippen LogP contribution >= 0.6 is 0 Å². The van der Waals surface area contributed by atoms with E-state index >= 15 is 0 Å². The molecule has 0 aromatic heterocycles. The van der Waals surface area contributed by atoms with Gasteiger partial charge in [-0.25, -0.2) is 0 Å². The predicted molar refractivity (Wildman–Crippen MR) is 76.9 cm³/mol. The number of hydrogen-bond acceptors (Lipinski definition) is 2. The third-order valence-corrected chi connectivity index (χ3v) is 6.04. The Morgan fingerprint density at radius 1 is 1.20 bits per heavy atom. The zero-order chi connectivity index (χ0) is 14.1. The number of aryl methyl sites for hydroxylation is 1. The summed E-state index contributed by atoms with van der Waals surface area (Å²) in [6.07, 6.45) is 4.21. The molecule has 1 aromatic rings. The van der Waals surface area contributed by atoms with E-state index in [0.29, 0.717) is 17.0 Å². The van der Waals surface area contributed by atoms with Crippen LogP contribution in [0.5, 0.6) is 0 Å². The maximum absolute atomic E-state index is 12.9. The van der Waals surface area contributed by atoms with Crippen LogP contribution in [-0.2, 0) is 6.42 Å². The van der Waals surface area contributed by atoms with Gasteiger partial charge in [0, 0.05) is 23.0 Å². The van der Waals surface area contributed by atoms with E-state index in [2.05, 4.69) is 13.8 Å². The molecule has 0 saturated heterocycles. The lowest BCUT2D eigenvalue weighted by Crippen LogP contribution is -2.43. The zero-order valence-electron chi connectivity index (χ0n) is 12.1. The van der Waals surface area contributed by atoms with E-state index in [-0.39, 0.29) is 28.8 Å². The smallest absolute Gasteiger partial charge is 0.167 e. The van der Waals surface area contributed by atoms with Gasteiger partial charge >= 0.3 is 0 Å². The van der Waals surface area contributed by atoms with Crippen molar-refractivity contribution >= 4 is 11.6 Å². The van der Waals surface area contributed by atoms with E-state index in [9.17, 15) is 9.59 Å². The minimum absolute atomic E-state index is 0.0270. The molecule has 4 rings (SSSR count). The standard InChI is InChI=1S/C18H20O2/c1-3-10-4-5-12-13(8-10)16(19)14-11-6-7-18(2,9-11)15(14)17(12)20/h4-5,8,11,14-15H,3,6-7,9H2,1-2H3. The summed E-state index contributed by atoms with van der Waals surface area (Å²) in [5.41, 5.74) is 2.61. The summed E-state index contributed by atoms with van der Waals surface area (Å²) in [5, 5.41) is 0. The van der Waals surface area contributed by atoms with Crippen molar-refractivity contribution in [1.82, 2.24) is 0 Å². The van der Waals surface area contributed by atoms with Gasteiger partial charge < -0.3 is 0 Å². The fourth-order valence-electron chi connectivity index (χ4n) is 5.04. The van der Waals surface area contributed by atoms with Gasteiger partial charge in [0.25, 0.3) is 0 Å². The molecular weight excluding hydrogens is 248 g/mol. The Kier molecular flexibility index (Phi) is 2.34. The lowest BCUT2D eigenvalue weighted by atomic mass is 9.62. The number of benzene rings is 1. The molecule has 4 unspecified atom stereocenters. The van der Waals surface area contributed by atoms with Crippen LogP contribution in [0.3, 0.4) is 0 Å². The van der Waals surface area contributed by atoms with Gasteiger partial charge in [0.1, 0.15) is 0 Å². The Labute approximate surface area is 119 Å². The molecule has 1 aromatic carbocycles. The van der Waals surface area contributed by atoms with Crippen molar-refractivity contribution in [3.05, 3.63) is 34.9 Å². The second-order valence-corrected chi connectivity index (χ2v) is 7.12. The van der Waals surface area contributed by atoms with Crippen LogP contribution in [0.25, 0.3) is 0 Å². The molecule has 2 bridgehead atoms. The molecule has 0 spiro atoms. The Morgan fingerprint density at radius 3 is 2.75 bits per heavy atom. The number of fused-ring (bicyclic) bond motifs is 6. The van der Waals surface area contributed by atoms with Gasteiger partial charge in [-0.2, -0.15) is 0 Å². The fourth-order valence-corrected chi connectivity index (χ4v) is 5.04. The largest absolute Gasteiger partial charge is 0.294 e. The van der Waals surface area contributed by atoms with Crippen LogP contribution in [0.15, 0.2) is 18.2 Å². The first-order valence-corrected chi connectivity index (χ1v) is 7.76. The summed E-state index contributed by atoms with van der Waals surface area (Å²) in [7, 11) is 0.